The Morgan fingerprint density at radius 2 is 2.20 bits per heavy atom. The number of piperidine rings is 1. The van der Waals surface area contributed by atoms with E-state index in [1.807, 2.05) is 0 Å². The number of nitrogens with two attached hydrogens (primary N) is 2. The van der Waals surface area contributed by atoms with Crippen LogP contribution in [0.4, 0.5) is 11.5 Å². The van der Waals surface area contributed by atoms with Crippen molar-refractivity contribution in [2.24, 2.45) is 5.73 Å². The molecule has 0 aromatic carbocycles. The molecule has 1 fully saturated rings. The van der Waals surface area contributed by atoms with Gasteiger partial charge in [-0.2, -0.15) is 0 Å². The molecule has 1 saturated heterocycles. The van der Waals surface area contributed by atoms with Crippen molar-refractivity contribution in [2.75, 3.05) is 30.7 Å². The topological polar surface area (TPSA) is 97.3 Å². The third-order valence-electron chi connectivity index (χ3n) is 3.68. The molecule has 2 heterocycles. The fraction of sp³-hybridized carbons (Fsp3) is 0.571. The van der Waals surface area contributed by atoms with Crippen molar-refractivity contribution in [3.8, 4) is 0 Å². The van der Waals surface area contributed by atoms with Crippen molar-refractivity contribution in [3.05, 3.63) is 17.8 Å². The van der Waals surface area contributed by atoms with E-state index in [1.165, 1.54) is 19.2 Å². The smallest absolute Gasteiger partial charge is 0.250 e. The zero-order valence-corrected chi connectivity index (χ0v) is 11.9. The first kappa shape index (κ1) is 14.6. The number of hydrogen-bond acceptors (Lipinski definition) is 5. The summed E-state index contributed by atoms with van der Waals surface area (Å²) in [5, 5.41) is 3.36. The van der Waals surface area contributed by atoms with Crippen LogP contribution in [0.2, 0.25) is 0 Å². The number of carbonyl (C=O) groups excluding carboxylic acids is 1. The number of rotatable bonds is 5. The highest BCUT2D eigenvalue weighted by Crippen LogP contribution is 2.18. The second-order valence-corrected chi connectivity index (χ2v) is 5.28. The minimum absolute atomic E-state index is 0.320. The quantitative estimate of drug-likeness (QED) is 0.747. The van der Waals surface area contributed by atoms with Gasteiger partial charge in [0.25, 0.3) is 5.91 Å². The lowest BCUT2D eigenvalue weighted by Crippen LogP contribution is -2.39. The third-order valence-corrected chi connectivity index (χ3v) is 3.68. The van der Waals surface area contributed by atoms with Crippen LogP contribution in [0.1, 0.15) is 36.5 Å². The van der Waals surface area contributed by atoms with Gasteiger partial charge in [-0.15, -0.1) is 0 Å². The molecule has 5 N–H and O–H groups in total. The normalized spacial score (nSPS) is 17.1. The Labute approximate surface area is 119 Å². The number of nitrogen functional groups attached to an aromatic ring is 1. The Kier molecular flexibility index (Phi) is 4.79. The molecule has 6 nitrogen and oxygen atoms in total. The number of hydrogen-bond donors (Lipinski definition) is 3. The highest BCUT2D eigenvalue weighted by molar-refractivity contribution is 5.98. The lowest BCUT2D eigenvalue weighted by atomic mass is 10.0. The van der Waals surface area contributed by atoms with E-state index in [4.69, 9.17) is 11.5 Å². The predicted octanol–water partition coefficient (Wildman–Crippen LogP) is 1.05. The largest absolute Gasteiger partial charge is 0.397 e. The molecule has 0 unspecified atom stereocenters. The number of nitrogens with one attached hydrogen (secondary N) is 1. The number of amides is 1. The van der Waals surface area contributed by atoms with Crippen molar-refractivity contribution < 1.29 is 4.79 Å². The maximum Gasteiger partial charge on any atom is 0.250 e. The van der Waals surface area contributed by atoms with Crippen LogP contribution in [0.3, 0.4) is 0 Å². The van der Waals surface area contributed by atoms with Gasteiger partial charge in [-0.25, -0.2) is 4.98 Å². The van der Waals surface area contributed by atoms with Crippen LogP contribution in [0.25, 0.3) is 0 Å². The molecule has 1 aromatic rings. The van der Waals surface area contributed by atoms with Gasteiger partial charge in [-0.3, -0.25) is 4.79 Å². The number of aromatic nitrogens is 1. The highest BCUT2D eigenvalue weighted by atomic mass is 16.1. The van der Waals surface area contributed by atoms with Crippen molar-refractivity contribution in [2.45, 2.75) is 32.2 Å². The molecule has 1 amide bonds. The molecule has 0 radical (unpaired) electrons. The van der Waals surface area contributed by atoms with Gasteiger partial charge in [0.1, 0.15) is 5.82 Å². The van der Waals surface area contributed by atoms with E-state index in [1.54, 1.807) is 6.07 Å². The van der Waals surface area contributed by atoms with Gasteiger partial charge in [0.15, 0.2) is 0 Å². The summed E-state index contributed by atoms with van der Waals surface area (Å²) in [5.41, 5.74) is 11.6. The number of nitrogens with zero attached hydrogens (tertiary/aromatic N) is 2. The van der Waals surface area contributed by atoms with Crippen molar-refractivity contribution in [3.63, 3.8) is 0 Å². The number of pyridine rings is 1. The van der Waals surface area contributed by atoms with E-state index in [2.05, 4.69) is 22.1 Å². The molecule has 110 valence electrons. The first-order chi connectivity index (χ1) is 9.60. The minimum atomic E-state index is -0.522. The number of likely N-dealkylation sites (tertiary alicyclic amines) is 1. The highest BCUT2D eigenvalue weighted by Gasteiger charge is 2.19. The number of carbonyl (C=O) groups is 1. The summed E-state index contributed by atoms with van der Waals surface area (Å²) in [4.78, 5) is 18.0. The Morgan fingerprint density at radius 1 is 1.50 bits per heavy atom. The molecule has 0 aliphatic carbocycles. The molecular formula is C14H23N5O. The van der Waals surface area contributed by atoms with E-state index in [0.29, 0.717) is 23.1 Å². The lowest BCUT2D eigenvalue weighted by molar-refractivity contribution is 0.100. The Hall–Kier alpha value is -1.82. The Balaban J connectivity index is 1.94. The lowest BCUT2D eigenvalue weighted by Gasteiger charge is -2.32. The first-order valence-electron chi connectivity index (χ1n) is 7.14. The Morgan fingerprint density at radius 3 is 2.80 bits per heavy atom. The van der Waals surface area contributed by atoms with E-state index < -0.39 is 5.91 Å². The molecule has 20 heavy (non-hydrogen) atoms. The van der Waals surface area contributed by atoms with Crippen LogP contribution in [-0.2, 0) is 0 Å². The monoisotopic (exact) mass is 277 g/mol. The van der Waals surface area contributed by atoms with Gasteiger partial charge in [0, 0.05) is 19.1 Å². The second kappa shape index (κ2) is 6.56. The van der Waals surface area contributed by atoms with Crippen LogP contribution in [-0.4, -0.2) is 41.5 Å². The molecule has 0 saturated carbocycles. The van der Waals surface area contributed by atoms with Crippen LogP contribution < -0.4 is 16.8 Å². The van der Waals surface area contributed by atoms with Gasteiger partial charge in [0.05, 0.1) is 17.4 Å². The van der Waals surface area contributed by atoms with Crippen LogP contribution in [0.5, 0.6) is 0 Å². The zero-order chi connectivity index (χ0) is 14.5. The summed E-state index contributed by atoms with van der Waals surface area (Å²) < 4.78 is 0. The summed E-state index contributed by atoms with van der Waals surface area (Å²) in [6, 6.07) is 2.02. The van der Waals surface area contributed by atoms with Crippen molar-refractivity contribution >= 4 is 17.4 Å². The number of anilines is 2. The van der Waals surface area contributed by atoms with E-state index in [0.717, 1.165) is 25.9 Å². The van der Waals surface area contributed by atoms with Crippen molar-refractivity contribution in [1.29, 1.82) is 0 Å². The molecule has 1 aromatic heterocycles. The molecule has 0 bridgehead atoms. The van der Waals surface area contributed by atoms with Crippen LogP contribution >= 0.6 is 0 Å². The first-order valence-corrected chi connectivity index (χ1v) is 7.14. The maximum atomic E-state index is 11.3. The van der Waals surface area contributed by atoms with Gasteiger partial charge in [-0.1, -0.05) is 6.92 Å². The summed E-state index contributed by atoms with van der Waals surface area (Å²) >= 11 is 0. The van der Waals surface area contributed by atoms with E-state index >= 15 is 0 Å². The minimum Gasteiger partial charge on any atom is -0.397 e. The van der Waals surface area contributed by atoms with Crippen LogP contribution in [0.15, 0.2) is 12.3 Å². The van der Waals surface area contributed by atoms with Crippen LogP contribution in [0, 0.1) is 0 Å². The SMILES string of the molecule is CCCN1CCC(Nc2cc(C(N)=O)c(N)cn2)CC1. The summed E-state index contributed by atoms with van der Waals surface area (Å²) in [5.74, 6) is 0.146. The summed E-state index contributed by atoms with van der Waals surface area (Å²) in [6.07, 6.45) is 4.84. The van der Waals surface area contributed by atoms with Gasteiger partial charge in [-0.05, 0) is 31.9 Å². The number of primary amides is 1. The zero-order valence-electron chi connectivity index (χ0n) is 11.9. The average Bonchev–Trinajstić information content (AvgIpc) is 2.43. The molecule has 1 aliphatic rings. The molecule has 0 spiro atoms. The average molecular weight is 277 g/mol. The molecule has 1 aliphatic heterocycles. The van der Waals surface area contributed by atoms with Gasteiger partial charge < -0.3 is 21.7 Å². The summed E-state index contributed by atoms with van der Waals surface area (Å²) in [6.45, 7) is 5.57. The standard InChI is InChI=1S/C14H23N5O/c1-2-5-19-6-3-10(4-7-19)18-13-8-11(14(16)20)12(15)9-17-13/h8-10H,2-7,15H2,1H3,(H2,16,20)(H,17,18). The van der Waals surface area contributed by atoms with Gasteiger partial charge >= 0.3 is 0 Å². The van der Waals surface area contributed by atoms with E-state index in [-0.39, 0.29) is 0 Å². The third kappa shape index (κ3) is 3.60. The van der Waals surface area contributed by atoms with E-state index in [9.17, 15) is 4.79 Å². The second-order valence-electron chi connectivity index (χ2n) is 5.28. The molecule has 0 atom stereocenters. The maximum absolute atomic E-state index is 11.3. The fourth-order valence-electron chi connectivity index (χ4n) is 2.58. The summed E-state index contributed by atoms with van der Waals surface area (Å²) in [7, 11) is 0. The molecule has 2 rings (SSSR count). The Bertz CT molecular complexity index is 469. The molecule has 6 heteroatoms. The predicted molar refractivity (Wildman–Crippen MR) is 80.5 cm³/mol. The van der Waals surface area contributed by atoms with Crippen molar-refractivity contribution in [1.82, 2.24) is 9.88 Å². The van der Waals surface area contributed by atoms with Gasteiger partial charge in [0.2, 0.25) is 0 Å². The fourth-order valence-corrected chi connectivity index (χ4v) is 2.58. The molecular weight excluding hydrogens is 254 g/mol.